The molecule has 0 fully saturated rings. The van der Waals surface area contributed by atoms with E-state index in [9.17, 15) is 4.79 Å². The van der Waals surface area contributed by atoms with Crippen LogP contribution in [0.15, 0.2) is 36.8 Å². The second kappa shape index (κ2) is 6.67. The minimum Gasteiger partial charge on any atom is -0.347 e. The lowest BCUT2D eigenvalue weighted by atomic mass is 10.0. The molecule has 28 heavy (non-hydrogen) atoms. The number of carbonyl (C=O) groups excluding carboxylic acids is 1. The number of aromatic nitrogens is 4. The van der Waals surface area contributed by atoms with Crippen LogP contribution in [0.3, 0.4) is 0 Å². The van der Waals surface area contributed by atoms with Crippen LogP contribution in [0.25, 0.3) is 21.8 Å². The monoisotopic (exact) mass is 376 g/mol. The van der Waals surface area contributed by atoms with E-state index in [1.54, 1.807) is 25.2 Å². The number of hydrogen-bond donors (Lipinski definition) is 1. The van der Waals surface area contributed by atoms with Crippen LogP contribution >= 0.6 is 0 Å². The molecular formula is C21H24N6O. The van der Waals surface area contributed by atoms with Gasteiger partial charge in [0.05, 0.1) is 17.2 Å². The van der Waals surface area contributed by atoms with E-state index >= 15 is 0 Å². The fourth-order valence-electron chi connectivity index (χ4n) is 3.70. The maximum Gasteiger partial charge on any atom is 0.241 e. The molecule has 0 aliphatic carbocycles. The van der Waals surface area contributed by atoms with E-state index in [1.165, 1.54) is 0 Å². The van der Waals surface area contributed by atoms with E-state index < -0.39 is 0 Å². The topological polar surface area (TPSA) is 68.0 Å². The first-order valence-corrected chi connectivity index (χ1v) is 9.19. The van der Waals surface area contributed by atoms with Gasteiger partial charge in [-0.2, -0.15) is 5.10 Å². The molecule has 1 N–H and O–H groups in total. The number of nitrogens with zero attached hydrogens (tertiary/aromatic N) is 5. The van der Waals surface area contributed by atoms with Gasteiger partial charge in [-0.3, -0.25) is 9.48 Å². The Hall–Kier alpha value is -3.35. The van der Waals surface area contributed by atoms with Gasteiger partial charge in [0, 0.05) is 50.0 Å². The zero-order valence-electron chi connectivity index (χ0n) is 16.8. The van der Waals surface area contributed by atoms with E-state index in [4.69, 9.17) is 0 Å². The molecule has 1 amide bonds. The Balaban J connectivity index is 1.77. The molecule has 1 aromatic carbocycles. The third-order valence-electron chi connectivity index (χ3n) is 5.21. The Kier molecular flexibility index (Phi) is 4.30. The Morgan fingerprint density at radius 2 is 2.04 bits per heavy atom. The van der Waals surface area contributed by atoms with Crippen LogP contribution in [0.1, 0.15) is 11.1 Å². The molecule has 3 aromatic heterocycles. The largest absolute Gasteiger partial charge is 0.347 e. The molecule has 7 nitrogen and oxygen atoms in total. The summed E-state index contributed by atoms with van der Waals surface area (Å²) in [4.78, 5) is 18.3. The number of anilines is 2. The number of likely N-dealkylation sites (N-methyl/N-ethyl adjacent to an activating group) is 1. The molecule has 0 bridgehead atoms. The maximum atomic E-state index is 12.1. The van der Waals surface area contributed by atoms with Crippen molar-refractivity contribution in [2.45, 2.75) is 20.4 Å². The number of aryl methyl sites for hydroxylation is 3. The highest BCUT2D eigenvalue weighted by atomic mass is 16.2. The summed E-state index contributed by atoms with van der Waals surface area (Å²) in [6.45, 7) is 4.49. The quantitative estimate of drug-likeness (QED) is 0.593. The SMILES string of the molecule is Cc1cc2cnn(C)c2c(C)c1Nc1nccc2c1ccn2CC(=O)N(C)C. The molecule has 144 valence electrons. The lowest BCUT2D eigenvalue weighted by Crippen LogP contribution is -2.25. The molecule has 7 heteroatoms. The highest BCUT2D eigenvalue weighted by Gasteiger charge is 2.15. The van der Waals surface area contributed by atoms with Crippen molar-refractivity contribution >= 4 is 39.2 Å². The predicted octanol–water partition coefficient (Wildman–Crippen LogP) is 3.37. The van der Waals surface area contributed by atoms with Crippen LogP contribution in [0.4, 0.5) is 11.5 Å². The second-order valence-corrected chi connectivity index (χ2v) is 7.35. The van der Waals surface area contributed by atoms with Crippen molar-refractivity contribution in [2.75, 3.05) is 19.4 Å². The van der Waals surface area contributed by atoms with Gasteiger partial charge in [-0.05, 0) is 43.2 Å². The number of benzene rings is 1. The van der Waals surface area contributed by atoms with Crippen molar-refractivity contribution < 1.29 is 4.79 Å². The van der Waals surface area contributed by atoms with E-state index in [0.717, 1.165) is 44.4 Å². The average Bonchev–Trinajstić information content (AvgIpc) is 3.23. The third-order valence-corrected chi connectivity index (χ3v) is 5.21. The van der Waals surface area contributed by atoms with Gasteiger partial charge in [0.2, 0.25) is 5.91 Å². The standard InChI is InChI=1S/C21H24N6O/c1-13-10-15-11-23-26(5)20(15)14(2)19(13)24-21-16-7-9-27(12-18(28)25(3)4)17(16)6-8-22-21/h6-11H,12H2,1-5H3,(H,22,24). The van der Waals surface area contributed by atoms with Crippen LogP contribution in [-0.4, -0.2) is 44.2 Å². The van der Waals surface area contributed by atoms with Crippen molar-refractivity contribution in [2.24, 2.45) is 7.05 Å². The summed E-state index contributed by atoms with van der Waals surface area (Å²) in [5.41, 5.74) is 5.39. The van der Waals surface area contributed by atoms with Gasteiger partial charge in [-0.25, -0.2) is 4.98 Å². The molecule has 0 aliphatic heterocycles. The van der Waals surface area contributed by atoms with Gasteiger partial charge >= 0.3 is 0 Å². The van der Waals surface area contributed by atoms with Crippen LogP contribution in [0.5, 0.6) is 0 Å². The van der Waals surface area contributed by atoms with E-state index in [-0.39, 0.29) is 5.91 Å². The van der Waals surface area contributed by atoms with Crippen LogP contribution in [0, 0.1) is 13.8 Å². The first-order chi connectivity index (χ1) is 13.4. The van der Waals surface area contributed by atoms with E-state index in [2.05, 4.69) is 35.3 Å². The lowest BCUT2D eigenvalue weighted by Gasteiger charge is -2.15. The molecule has 0 saturated heterocycles. The fraction of sp³-hybridized carbons (Fsp3) is 0.286. The first kappa shape index (κ1) is 18.0. The molecule has 0 saturated carbocycles. The number of fused-ring (bicyclic) bond motifs is 2. The molecule has 0 aliphatic rings. The molecule has 3 heterocycles. The summed E-state index contributed by atoms with van der Waals surface area (Å²) < 4.78 is 3.85. The molecule has 0 spiro atoms. The van der Waals surface area contributed by atoms with Gasteiger partial charge in [-0.1, -0.05) is 0 Å². The van der Waals surface area contributed by atoms with Gasteiger partial charge in [0.15, 0.2) is 0 Å². The van der Waals surface area contributed by atoms with Crippen molar-refractivity contribution in [3.05, 3.63) is 47.9 Å². The molecular weight excluding hydrogens is 352 g/mol. The zero-order chi connectivity index (χ0) is 20.0. The minimum atomic E-state index is 0.0529. The zero-order valence-corrected chi connectivity index (χ0v) is 16.8. The van der Waals surface area contributed by atoms with Crippen molar-refractivity contribution in [1.82, 2.24) is 24.2 Å². The highest BCUT2D eigenvalue weighted by Crippen LogP contribution is 2.33. The van der Waals surface area contributed by atoms with Crippen molar-refractivity contribution in [3.63, 3.8) is 0 Å². The summed E-state index contributed by atoms with van der Waals surface area (Å²) in [5.74, 6) is 0.832. The number of carbonyl (C=O) groups is 1. The average molecular weight is 376 g/mol. The third kappa shape index (κ3) is 2.89. The number of amides is 1. The van der Waals surface area contributed by atoms with Gasteiger partial charge in [-0.15, -0.1) is 0 Å². The van der Waals surface area contributed by atoms with Crippen LogP contribution in [-0.2, 0) is 18.4 Å². The summed E-state index contributed by atoms with van der Waals surface area (Å²) in [6, 6.07) is 6.08. The molecule has 0 unspecified atom stereocenters. The molecule has 4 rings (SSSR count). The maximum absolute atomic E-state index is 12.1. The summed E-state index contributed by atoms with van der Waals surface area (Å²) in [5, 5.41) is 10.0. The van der Waals surface area contributed by atoms with Crippen molar-refractivity contribution in [1.29, 1.82) is 0 Å². The highest BCUT2D eigenvalue weighted by molar-refractivity contribution is 5.95. The fourth-order valence-corrected chi connectivity index (χ4v) is 3.70. The first-order valence-electron chi connectivity index (χ1n) is 9.19. The number of pyridine rings is 1. The molecule has 0 radical (unpaired) electrons. The Morgan fingerprint density at radius 1 is 1.25 bits per heavy atom. The van der Waals surface area contributed by atoms with Crippen molar-refractivity contribution in [3.8, 4) is 0 Å². The summed E-state index contributed by atoms with van der Waals surface area (Å²) in [7, 11) is 5.49. The number of rotatable bonds is 4. The Labute approximate surface area is 163 Å². The second-order valence-electron chi connectivity index (χ2n) is 7.35. The van der Waals surface area contributed by atoms with Gasteiger partial charge < -0.3 is 14.8 Å². The molecule has 0 atom stereocenters. The number of hydrogen-bond acceptors (Lipinski definition) is 4. The summed E-state index contributed by atoms with van der Waals surface area (Å²) in [6.07, 6.45) is 5.59. The normalized spacial score (nSPS) is 11.3. The smallest absolute Gasteiger partial charge is 0.241 e. The Bertz CT molecular complexity index is 1200. The minimum absolute atomic E-state index is 0.0529. The predicted molar refractivity (Wildman–Crippen MR) is 112 cm³/mol. The van der Waals surface area contributed by atoms with Crippen LogP contribution < -0.4 is 5.32 Å². The van der Waals surface area contributed by atoms with Gasteiger partial charge in [0.25, 0.3) is 0 Å². The Morgan fingerprint density at radius 3 is 2.79 bits per heavy atom. The van der Waals surface area contributed by atoms with E-state index in [0.29, 0.717) is 6.54 Å². The summed E-state index contributed by atoms with van der Waals surface area (Å²) >= 11 is 0. The van der Waals surface area contributed by atoms with Gasteiger partial charge in [0.1, 0.15) is 12.4 Å². The van der Waals surface area contributed by atoms with E-state index in [1.807, 2.05) is 40.8 Å². The lowest BCUT2D eigenvalue weighted by molar-refractivity contribution is -0.129. The van der Waals surface area contributed by atoms with Crippen LogP contribution in [0.2, 0.25) is 0 Å². The molecule has 4 aromatic rings. The number of nitrogens with one attached hydrogen (secondary N) is 1.